The van der Waals surface area contributed by atoms with Gasteiger partial charge in [0.15, 0.2) is 10.3 Å². The molecule has 102 valence electrons. The van der Waals surface area contributed by atoms with Crippen LogP contribution in [0.15, 0.2) is 44.2 Å². The number of thioether (sulfide) groups is 2. The van der Waals surface area contributed by atoms with Crippen molar-refractivity contribution < 1.29 is 4.74 Å². The second-order valence-electron chi connectivity index (χ2n) is 3.84. The molecule has 0 spiro atoms. The average Bonchev–Trinajstić information content (AvgIpc) is 2.47. The monoisotopic (exact) mass is 386 g/mol. The molecule has 3 rings (SSSR count). The molecule has 0 saturated heterocycles. The summed E-state index contributed by atoms with van der Waals surface area (Å²) >= 11 is 12.5. The van der Waals surface area contributed by atoms with Gasteiger partial charge in [0.2, 0.25) is 5.88 Å². The van der Waals surface area contributed by atoms with Gasteiger partial charge in [-0.05, 0) is 18.4 Å². The first-order valence-electron chi connectivity index (χ1n) is 5.59. The van der Waals surface area contributed by atoms with Gasteiger partial charge >= 0.3 is 0 Å². The maximum atomic E-state index is 6.14. The third-order valence-electron chi connectivity index (χ3n) is 2.57. The van der Waals surface area contributed by atoms with Crippen LogP contribution < -0.4 is 4.74 Å². The van der Waals surface area contributed by atoms with E-state index in [0.29, 0.717) is 16.2 Å². The molecule has 20 heavy (non-hydrogen) atoms. The van der Waals surface area contributed by atoms with E-state index < -0.39 is 0 Å². The molecule has 2 heterocycles. The second kappa shape index (κ2) is 5.97. The summed E-state index contributed by atoms with van der Waals surface area (Å²) in [7, 11) is 0. The summed E-state index contributed by atoms with van der Waals surface area (Å²) < 4.78 is 6.89. The lowest BCUT2D eigenvalue weighted by atomic mass is 10.2. The second-order valence-corrected chi connectivity index (χ2v) is 6.77. The van der Waals surface area contributed by atoms with Crippen LogP contribution in [0.3, 0.4) is 0 Å². The van der Waals surface area contributed by atoms with Crippen molar-refractivity contribution in [3.05, 3.63) is 44.9 Å². The topological polar surface area (TPSA) is 35.0 Å². The van der Waals surface area contributed by atoms with E-state index in [4.69, 9.17) is 16.3 Å². The van der Waals surface area contributed by atoms with Crippen molar-refractivity contribution in [3.63, 3.8) is 0 Å². The number of hydrogen-bond acceptors (Lipinski definition) is 5. The van der Waals surface area contributed by atoms with Gasteiger partial charge < -0.3 is 4.74 Å². The van der Waals surface area contributed by atoms with Crippen molar-refractivity contribution in [1.82, 2.24) is 9.97 Å². The van der Waals surface area contributed by atoms with Crippen LogP contribution in [-0.4, -0.2) is 16.2 Å². The molecule has 0 saturated carbocycles. The van der Waals surface area contributed by atoms with Crippen LogP contribution in [0.1, 0.15) is 5.56 Å². The number of rotatable bonds is 2. The maximum absolute atomic E-state index is 6.14. The highest BCUT2D eigenvalue weighted by Crippen LogP contribution is 2.42. The van der Waals surface area contributed by atoms with E-state index in [1.165, 1.54) is 23.5 Å². The van der Waals surface area contributed by atoms with Gasteiger partial charge in [-0.2, -0.15) is 4.98 Å². The third-order valence-corrected chi connectivity index (χ3v) is 4.97. The Morgan fingerprint density at radius 2 is 2.00 bits per heavy atom. The Bertz CT molecular complexity index is 692. The minimum Gasteiger partial charge on any atom is -0.436 e. The highest BCUT2D eigenvalue weighted by Gasteiger charge is 2.21. The quantitative estimate of drug-likeness (QED) is 0.407. The van der Waals surface area contributed by atoms with Crippen LogP contribution in [0, 0.1) is 0 Å². The summed E-state index contributed by atoms with van der Waals surface area (Å²) in [6.07, 6.45) is 1.90. The molecular weight excluding hydrogens is 380 g/mol. The zero-order valence-corrected chi connectivity index (χ0v) is 14.2. The Balaban J connectivity index is 1.96. The van der Waals surface area contributed by atoms with Crippen LogP contribution in [0.25, 0.3) is 5.76 Å². The minimum absolute atomic E-state index is 0.426. The molecule has 0 radical (unpaired) electrons. The van der Waals surface area contributed by atoms with Gasteiger partial charge in [0.1, 0.15) is 10.7 Å². The van der Waals surface area contributed by atoms with Crippen molar-refractivity contribution in [1.29, 1.82) is 0 Å². The zero-order valence-electron chi connectivity index (χ0n) is 10.3. The Kier molecular flexibility index (Phi) is 4.26. The van der Waals surface area contributed by atoms with E-state index in [1.807, 2.05) is 35.9 Å². The van der Waals surface area contributed by atoms with Crippen molar-refractivity contribution in [2.75, 3.05) is 6.26 Å². The first-order chi connectivity index (χ1) is 9.67. The van der Waals surface area contributed by atoms with Crippen molar-refractivity contribution >= 4 is 56.8 Å². The fourth-order valence-electron chi connectivity index (χ4n) is 1.63. The van der Waals surface area contributed by atoms with Crippen LogP contribution in [0.4, 0.5) is 0 Å². The molecule has 1 aliphatic rings. The van der Waals surface area contributed by atoms with Gasteiger partial charge in [-0.25, -0.2) is 4.98 Å². The van der Waals surface area contributed by atoms with Crippen LogP contribution in [-0.2, 0) is 0 Å². The summed E-state index contributed by atoms with van der Waals surface area (Å²) in [5.74, 6) is 1.27. The van der Waals surface area contributed by atoms with Gasteiger partial charge in [-0.3, -0.25) is 0 Å². The summed E-state index contributed by atoms with van der Waals surface area (Å²) in [4.78, 5) is 9.31. The lowest BCUT2D eigenvalue weighted by Gasteiger charge is -2.17. The molecule has 0 unspecified atom stereocenters. The first-order valence-corrected chi connectivity index (χ1v) is 8.87. The third kappa shape index (κ3) is 2.83. The molecule has 3 nitrogen and oxygen atoms in total. The zero-order chi connectivity index (χ0) is 14.1. The van der Waals surface area contributed by atoms with Crippen molar-refractivity contribution in [2.45, 2.75) is 10.1 Å². The fourth-order valence-corrected chi connectivity index (χ4v) is 3.33. The summed E-state index contributed by atoms with van der Waals surface area (Å²) in [5.41, 5.74) is 0.992. The van der Waals surface area contributed by atoms with Crippen molar-refractivity contribution in [2.24, 2.45) is 0 Å². The largest absolute Gasteiger partial charge is 0.436 e. The molecule has 0 fully saturated rings. The molecule has 1 aromatic heterocycles. The molecule has 0 aliphatic carbocycles. The van der Waals surface area contributed by atoms with Gasteiger partial charge in [-0.1, -0.05) is 63.2 Å². The number of halogens is 2. The Hall–Kier alpha value is -0.690. The fraction of sp³-hybridized carbons (Fsp3) is 0.0769. The lowest BCUT2D eigenvalue weighted by Crippen LogP contribution is -2.04. The molecule has 0 atom stereocenters. The molecular formula is C13H8BrClN2OS2. The predicted molar refractivity (Wildman–Crippen MR) is 87.4 cm³/mol. The number of benzene rings is 1. The number of fused-ring (bicyclic) bond motifs is 1. The molecule has 0 amide bonds. The number of aromatic nitrogens is 2. The lowest BCUT2D eigenvalue weighted by molar-refractivity contribution is 0.468. The van der Waals surface area contributed by atoms with E-state index in [9.17, 15) is 0 Å². The number of hydrogen-bond donors (Lipinski definition) is 0. The molecule has 0 N–H and O–H groups in total. The van der Waals surface area contributed by atoms with Gasteiger partial charge in [-0.15, -0.1) is 0 Å². The normalized spacial score (nSPS) is 13.4. The predicted octanol–water partition coefficient (Wildman–Crippen LogP) is 5.10. The molecule has 1 aliphatic heterocycles. The summed E-state index contributed by atoms with van der Waals surface area (Å²) in [5, 5.41) is 2.95. The van der Waals surface area contributed by atoms with Gasteiger partial charge in [0, 0.05) is 15.4 Å². The molecule has 7 heteroatoms. The number of nitrogens with zero attached hydrogens (tertiary/aromatic N) is 2. The average molecular weight is 388 g/mol. The van der Waals surface area contributed by atoms with E-state index in [2.05, 4.69) is 25.9 Å². The van der Waals surface area contributed by atoms with E-state index >= 15 is 0 Å². The van der Waals surface area contributed by atoms with Gasteiger partial charge in [0.25, 0.3) is 0 Å². The Morgan fingerprint density at radius 1 is 1.25 bits per heavy atom. The number of ether oxygens (including phenoxy) is 1. The molecule has 0 bridgehead atoms. The molecule has 1 aromatic carbocycles. The highest BCUT2D eigenvalue weighted by molar-refractivity contribution is 9.10. The smallest absolute Gasteiger partial charge is 0.239 e. The SMILES string of the molecule is CSc1nc(Cl)c2c(n1)OC(c1ccc(Br)cc1)=CS2. The van der Waals surface area contributed by atoms with Crippen molar-refractivity contribution in [3.8, 4) is 5.88 Å². The molecule has 2 aromatic rings. The summed E-state index contributed by atoms with van der Waals surface area (Å²) in [6.45, 7) is 0. The van der Waals surface area contributed by atoms with E-state index in [1.54, 1.807) is 0 Å². The van der Waals surface area contributed by atoms with Gasteiger partial charge in [0.05, 0.1) is 0 Å². The first kappa shape index (κ1) is 14.3. The Morgan fingerprint density at radius 3 is 2.70 bits per heavy atom. The van der Waals surface area contributed by atoms with Crippen LogP contribution in [0.5, 0.6) is 5.88 Å². The van der Waals surface area contributed by atoms with E-state index in [-0.39, 0.29) is 0 Å². The van der Waals surface area contributed by atoms with Crippen LogP contribution in [0.2, 0.25) is 5.15 Å². The van der Waals surface area contributed by atoms with E-state index in [0.717, 1.165) is 20.7 Å². The Labute approximate surface area is 138 Å². The highest BCUT2D eigenvalue weighted by atomic mass is 79.9. The standard InChI is InChI=1S/C13H8BrClN2OS2/c1-19-13-16-11(15)10-12(17-13)18-9(6-20-10)7-2-4-8(14)5-3-7/h2-6H,1H3. The summed E-state index contributed by atoms with van der Waals surface area (Å²) in [6, 6.07) is 7.92. The minimum atomic E-state index is 0.426. The van der Waals surface area contributed by atoms with Crippen LogP contribution >= 0.6 is 51.1 Å². The maximum Gasteiger partial charge on any atom is 0.239 e.